The summed E-state index contributed by atoms with van der Waals surface area (Å²) < 4.78 is 5.38. The quantitative estimate of drug-likeness (QED) is 0.488. The van der Waals surface area contributed by atoms with Crippen LogP contribution in [0.1, 0.15) is 18.1 Å². The highest BCUT2D eigenvalue weighted by Gasteiger charge is 2.15. The lowest BCUT2D eigenvalue weighted by molar-refractivity contribution is -0.885. The van der Waals surface area contributed by atoms with E-state index in [1.807, 2.05) is 67.7 Å². The Kier molecular flexibility index (Phi) is 5.63. The lowest BCUT2D eigenvalue weighted by Gasteiger charge is -2.15. The van der Waals surface area contributed by atoms with Crippen LogP contribution in [0.5, 0.6) is 0 Å². The van der Waals surface area contributed by atoms with Gasteiger partial charge in [0, 0.05) is 28.1 Å². The molecule has 1 amide bonds. The average Bonchev–Trinajstić information content (AvgIpc) is 2.73. The van der Waals surface area contributed by atoms with Gasteiger partial charge in [0.15, 0.2) is 6.54 Å². The van der Waals surface area contributed by atoms with E-state index in [4.69, 9.17) is 4.42 Å². The van der Waals surface area contributed by atoms with Crippen molar-refractivity contribution in [2.45, 2.75) is 19.9 Å². The summed E-state index contributed by atoms with van der Waals surface area (Å²) in [5.74, 6) is -0.0654. The topological polar surface area (TPSA) is 63.8 Å². The van der Waals surface area contributed by atoms with Crippen molar-refractivity contribution >= 4 is 33.3 Å². The van der Waals surface area contributed by atoms with Gasteiger partial charge in [0.1, 0.15) is 12.1 Å². The number of hydrogen-bond acceptors (Lipinski definition) is 3. The predicted octanol–water partition coefficient (Wildman–Crippen LogP) is 3.16. The van der Waals surface area contributed by atoms with Crippen molar-refractivity contribution < 1.29 is 14.1 Å². The zero-order valence-electron chi connectivity index (χ0n) is 17.2. The summed E-state index contributed by atoms with van der Waals surface area (Å²) in [6.07, 6.45) is 0.878. The van der Waals surface area contributed by atoms with E-state index in [9.17, 15) is 9.59 Å². The molecule has 0 bridgehead atoms. The maximum absolute atomic E-state index is 12.7. The third kappa shape index (κ3) is 4.26. The molecule has 0 radical (unpaired) electrons. The molecule has 5 heteroatoms. The molecule has 0 aliphatic heterocycles. The summed E-state index contributed by atoms with van der Waals surface area (Å²) in [6.45, 7) is 2.91. The van der Waals surface area contributed by atoms with Crippen LogP contribution in [0.4, 0.5) is 5.69 Å². The molecule has 4 rings (SSSR count). The summed E-state index contributed by atoms with van der Waals surface area (Å²) in [6, 6.07) is 21.3. The first kappa shape index (κ1) is 19.9. The third-order valence-corrected chi connectivity index (χ3v) is 5.32. The Morgan fingerprint density at radius 2 is 1.80 bits per heavy atom. The lowest BCUT2D eigenvalue weighted by atomic mass is 10.1. The van der Waals surface area contributed by atoms with Crippen LogP contribution in [0.2, 0.25) is 0 Å². The second-order valence-corrected chi connectivity index (χ2v) is 7.66. The van der Waals surface area contributed by atoms with E-state index >= 15 is 0 Å². The number of rotatable bonds is 6. The van der Waals surface area contributed by atoms with Crippen LogP contribution >= 0.6 is 0 Å². The van der Waals surface area contributed by atoms with Crippen LogP contribution in [-0.2, 0) is 17.8 Å². The van der Waals surface area contributed by atoms with Crippen LogP contribution < -0.4 is 15.8 Å². The van der Waals surface area contributed by atoms with Crippen molar-refractivity contribution in [3.63, 3.8) is 0 Å². The third-order valence-electron chi connectivity index (χ3n) is 5.32. The van der Waals surface area contributed by atoms with Crippen molar-refractivity contribution in [3.05, 3.63) is 88.3 Å². The normalized spacial score (nSPS) is 12.2. The van der Waals surface area contributed by atoms with E-state index < -0.39 is 0 Å². The van der Waals surface area contributed by atoms with Crippen LogP contribution in [0.15, 0.2) is 75.9 Å². The number of quaternary nitrogens is 1. The van der Waals surface area contributed by atoms with E-state index in [1.165, 1.54) is 6.07 Å². The Labute approximate surface area is 174 Å². The Hall–Kier alpha value is -3.44. The van der Waals surface area contributed by atoms with Gasteiger partial charge < -0.3 is 14.6 Å². The molecule has 1 atom stereocenters. The number of nitrogens with one attached hydrogen (secondary N) is 2. The first-order valence-corrected chi connectivity index (χ1v) is 10.2. The van der Waals surface area contributed by atoms with Gasteiger partial charge in [-0.2, -0.15) is 0 Å². The highest BCUT2D eigenvalue weighted by molar-refractivity contribution is 6.02. The molecule has 2 N–H and O–H groups in total. The number of likely N-dealkylation sites (N-methyl/N-ethyl adjacent to an activating group) is 1. The number of fused-ring (bicyclic) bond motifs is 2. The summed E-state index contributed by atoms with van der Waals surface area (Å²) >= 11 is 0. The molecule has 0 aliphatic carbocycles. The fourth-order valence-corrected chi connectivity index (χ4v) is 3.83. The Morgan fingerprint density at radius 3 is 2.63 bits per heavy atom. The van der Waals surface area contributed by atoms with Crippen molar-refractivity contribution in [2.24, 2.45) is 0 Å². The SMILES string of the molecule is CCc1ccc2c(C[NH+](C)CC(=O)Nc3cccc4ccccc34)cc(=O)oc2c1. The average molecular weight is 401 g/mol. The smallest absolute Gasteiger partial charge is 0.336 e. The molecule has 1 aromatic heterocycles. The minimum Gasteiger partial charge on any atom is -0.423 e. The van der Waals surface area contributed by atoms with Gasteiger partial charge in [-0.1, -0.05) is 55.5 Å². The standard InChI is InChI=1S/C25H24N2O3/c1-3-17-11-12-21-19(14-25(29)30-23(21)13-17)15-27(2)16-24(28)26-22-10-6-8-18-7-4-5-9-20(18)22/h4-14H,3,15-16H2,1-2H3,(H,26,28)/p+1. The summed E-state index contributed by atoms with van der Waals surface area (Å²) in [4.78, 5) is 25.7. The monoisotopic (exact) mass is 401 g/mol. The van der Waals surface area contributed by atoms with Gasteiger partial charge in [-0.3, -0.25) is 4.79 Å². The number of aryl methyl sites for hydroxylation is 1. The van der Waals surface area contributed by atoms with E-state index in [1.54, 1.807) is 0 Å². The van der Waals surface area contributed by atoms with E-state index in [2.05, 4.69) is 12.2 Å². The zero-order chi connectivity index (χ0) is 21.1. The number of anilines is 1. The number of carbonyl (C=O) groups excluding carboxylic acids is 1. The molecule has 30 heavy (non-hydrogen) atoms. The predicted molar refractivity (Wildman–Crippen MR) is 120 cm³/mol. The van der Waals surface area contributed by atoms with Gasteiger partial charge in [-0.15, -0.1) is 0 Å². The largest absolute Gasteiger partial charge is 0.423 e. The molecular formula is C25H25N2O3+. The number of carbonyl (C=O) groups is 1. The van der Waals surface area contributed by atoms with Crippen molar-refractivity contribution in [1.29, 1.82) is 0 Å². The van der Waals surface area contributed by atoms with Gasteiger partial charge in [-0.25, -0.2) is 4.79 Å². The molecule has 0 saturated heterocycles. The van der Waals surface area contributed by atoms with E-state index in [0.717, 1.165) is 44.3 Å². The number of benzene rings is 3. The first-order chi connectivity index (χ1) is 14.5. The second-order valence-electron chi connectivity index (χ2n) is 7.66. The zero-order valence-corrected chi connectivity index (χ0v) is 17.2. The summed E-state index contributed by atoms with van der Waals surface area (Å²) in [5, 5.41) is 6.05. The maximum atomic E-state index is 12.7. The van der Waals surface area contributed by atoms with Gasteiger partial charge in [0.25, 0.3) is 5.91 Å². The van der Waals surface area contributed by atoms with Crippen LogP contribution in [-0.4, -0.2) is 19.5 Å². The Bertz CT molecular complexity index is 1270. The fourth-order valence-electron chi connectivity index (χ4n) is 3.83. The van der Waals surface area contributed by atoms with Gasteiger partial charge in [0.05, 0.1) is 7.05 Å². The fraction of sp³-hybridized carbons (Fsp3) is 0.200. The first-order valence-electron chi connectivity index (χ1n) is 10.2. The van der Waals surface area contributed by atoms with Gasteiger partial charge in [-0.05, 0) is 29.5 Å². The van der Waals surface area contributed by atoms with Gasteiger partial charge in [0.2, 0.25) is 0 Å². The van der Waals surface area contributed by atoms with Crippen LogP contribution in [0.3, 0.4) is 0 Å². The molecule has 0 spiro atoms. The molecule has 1 unspecified atom stereocenters. The van der Waals surface area contributed by atoms with Crippen molar-refractivity contribution in [2.75, 3.05) is 18.9 Å². The van der Waals surface area contributed by atoms with Crippen LogP contribution in [0.25, 0.3) is 21.7 Å². The Balaban J connectivity index is 1.50. The molecule has 3 aromatic carbocycles. The molecule has 0 fully saturated rings. The minimum atomic E-state index is -0.362. The molecule has 1 heterocycles. The van der Waals surface area contributed by atoms with Crippen LogP contribution in [0, 0.1) is 0 Å². The highest BCUT2D eigenvalue weighted by Crippen LogP contribution is 2.22. The summed E-state index contributed by atoms with van der Waals surface area (Å²) in [7, 11) is 1.95. The number of amides is 1. The van der Waals surface area contributed by atoms with E-state index in [0.29, 0.717) is 12.1 Å². The summed E-state index contributed by atoms with van der Waals surface area (Å²) in [5.41, 5.74) is 3.06. The maximum Gasteiger partial charge on any atom is 0.336 e. The highest BCUT2D eigenvalue weighted by atomic mass is 16.4. The van der Waals surface area contributed by atoms with Crippen molar-refractivity contribution in [3.8, 4) is 0 Å². The molecule has 4 aromatic rings. The lowest BCUT2D eigenvalue weighted by Crippen LogP contribution is -3.08. The molecule has 0 aliphatic rings. The second kappa shape index (κ2) is 8.51. The van der Waals surface area contributed by atoms with Crippen molar-refractivity contribution in [1.82, 2.24) is 0 Å². The molecule has 5 nitrogen and oxygen atoms in total. The van der Waals surface area contributed by atoms with E-state index in [-0.39, 0.29) is 18.1 Å². The minimum absolute atomic E-state index is 0.0654. The molecule has 0 saturated carbocycles. The molecular weight excluding hydrogens is 376 g/mol. The Morgan fingerprint density at radius 1 is 1.00 bits per heavy atom. The number of hydrogen-bond donors (Lipinski definition) is 2. The molecule has 152 valence electrons. The van der Waals surface area contributed by atoms with Gasteiger partial charge >= 0.3 is 5.63 Å².